The first-order valence-electron chi connectivity index (χ1n) is 6.25. The molecule has 2 N–H and O–H groups in total. The quantitative estimate of drug-likeness (QED) is 0.780. The van der Waals surface area contributed by atoms with Gasteiger partial charge in [0.25, 0.3) is 0 Å². The van der Waals surface area contributed by atoms with Crippen molar-refractivity contribution in [1.82, 2.24) is 20.2 Å². The van der Waals surface area contributed by atoms with Crippen molar-refractivity contribution in [1.29, 1.82) is 0 Å². The Morgan fingerprint density at radius 2 is 1.94 bits per heavy atom. The van der Waals surface area contributed by atoms with E-state index in [0.717, 1.165) is 18.7 Å². The second-order valence-electron chi connectivity index (χ2n) is 4.83. The third-order valence-corrected chi connectivity index (χ3v) is 3.53. The van der Waals surface area contributed by atoms with Crippen LogP contribution >= 0.6 is 0 Å². The van der Waals surface area contributed by atoms with E-state index >= 15 is 0 Å². The van der Waals surface area contributed by atoms with Gasteiger partial charge in [-0.1, -0.05) is 19.3 Å². The Morgan fingerprint density at radius 3 is 2.69 bits per heavy atom. The highest BCUT2D eigenvalue weighted by atomic mass is 15.5. The SMILES string of the molecule is Cn1nnnc1C1CCCCCC(N)CC1. The first kappa shape index (κ1) is 11.5. The van der Waals surface area contributed by atoms with Crippen LogP contribution in [0.5, 0.6) is 0 Å². The summed E-state index contributed by atoms with van der Waals surface area (Å²) in [4.78, 5) is 0. The van der Waals surface area contributed by atoms with Crippen molar-refractivity contribution in [2.75, 3.05) is 0 Å². The fraction of sp³-hybridized carbons (Fsp3) is 0.909. The number of hydrogen-bond acceptors (Lipinski definition) is 4. The predicted octanol–water partition coefficient (Wildman–Crippen LogP) is 1.37. The van der Waals surface area contributed by atoms with Gasteiger partial charge in [-0.15, -0.1) is 5.10 Å². The molecule has 0 amide bonds. The first-order valence-corrected chi connectivity index (χ1v) is 6.25. The summed E-state index contributed by atoms with van der Waals surface area (Å²) >= 11 is 0. The van der Waals surface area contributed by atoms with Crippen molar-refractivity contribution in [3.8, 4) is 0 Å². The van der Waals surface area contributed by atoms with Crippen LogP contribution < -0.4 is 5.73 Å². The van der Waals surface area contributed by atoms with Gasteiger partial charge in [0.15, 0.2) is 5.82 Å². The van der Waals surface area contributed by atoms with Crippen molar-refractivity contribution in [3.63, 3.8) is 0 Å². The van der Waals surface area contributed by atoms with Gasteiger partial charge in [0.05, 0.1) is 0 Å². The summed E-state index contributed by atoms with van der Waals surface area (Å²) < 4.78 is 1.80. The molecule has 1 aromatic heterocycles. The maximum Gasteiger partial charge on any atom is 0.153 e. The summed E-state index contributed by atoms with van der Waals surface area (Å²) in [6.45, 7) is 0. The zero-order chi connectivity index (χ0) is 11.4. The van der Waals surface area contributed by atoms with Crippen LogP contribution in [0.25, 0.3) is 0 Å². The second kappa shape index (κ2) is 5.39. The molecule has 0 aliphatic heterocycles. The number of rotatable bonds is 1. The van der Waals surface area contributed by atoms with Crippen molar-refractivity contribution in [2.24, 2.45) is 12.8 Å². The zero-order valence-corrected chi connectivity index (χ0v) is 9.97. The Hall–Kier alpha value is -0.970. The molecule has 5 heteroatoms. The third kappa shape index (κ3) is 2.78. The van der Waals surface area contributed by atoms with Gasteiger partial charge in [0.2, 0.25) is 0 Å². The van der Waals surface area contributed by atoms with E-state index in [1.807, 2.05) is 7.05 Å². The molecular formula is C11H21N5. The molecule has 5 nitrogen and oxygen atoms in total. The molecule has 2 unspecified atom stereocenters. The molecule has 0 bridgehead atoms. The van der Waals surface area contributed by atoms with Gasteiger partial charge < -0.3 is 5.73 Å². The molecule has 1 fully saturated rings. The minimum Gasteiger partial charge on any atom is -0.328 e. The average molecular weight is 223 g/mol. The van der Waals surface area contributed by atoms with Crippen LogP contribution in [0.2, 0.25) is 0 Å². The van der Waals surface area contributed by atoms with Crippen LogP contribution in [0, 0.1) is 0 Å². The lowest BCUT2D eigenvalue weighted by atomic mass is 9.95. The summed E-state index contributed by atoms with van der Waals surface area (Å²) in [7, 11) is 1.92. The van der Waals surface area contributed by atoms with Crippen LogP contribution in [0.3, 0.4) is 0 Å². The number of hydrogen-bond donors (Lipinski definition) is 1. The van der Waals surface area contributed by atoms with Crippen molar-refractivity contribution >= 4 is 0 Å². The van der Waals surface area contributed by atoms with Crippen LogP contribution in [0.4, 0.5) is 0 Å². The summed E-state index contributed by atoms with van der Waals surface area (Å²) in [5.41, 5.74) is 6.07. The normalized spacial score (nSPS) is 28.1. The van der Waals surface area contributed by atoms with Crippen LogP contribution in [0.15, 0.2) is 0 Å². The van der Waals surface area contributed by atoms with Gasteiger partial charge in [-0.2, -0.15) is 0 Å². The van der Waals surface area contributed by atoms with Crippen LogP contribution in [0.1, 0.15) is 56.7 Å². The Balaban J connectivity index is 2.04. The van der Waals surface area contributed by atoms with Gasteiger partial charge in [-0.05, 0) is 36.1 Å². The molecule has 1 heterocycles. The predicted molar refractivity (Wildman–Crippen MR) is 61.8 cm³/mol. The Labute approximate surface area is 96.4 Å². The van der Waals surface area contributed by atoms with Crippen molar-refractivity contribution in [3.05, 3.63) is 5.82 Å². The molecule has 0 aromatic carbocycles. The molecule has 1 saturated carbocycles. The van der Waals surface area contributed by atoms with E-state index < -0.39 is 0 Å². The number of nitrogens with two attached hydrogens (primary N) is 1. The lowest BCUT2D eigenvalue weighted by Crippen LogP contribution is -2.20. The van der Waals surface area contributed by atoms with Gasteiger partial charge in [-0.25, -0.2) is 4.68 Å². The molecule has 1 aliphatic rings. The Morgan fingerprint density at radius 1 is 1.12 bits per heavy atom. The zero-order valence-electron chi connectivity index (χ0n) is 9.97. The summed E-state index contributed by atoms with van der Waals surface area (Å²) in [5, 5.41) is 11.8. The molecule has 16 heavy (non-hydrogen) atoms. The van der Waals surface area contributed by atoms with Gasteiger partial charge in [0, 0.05) is 19.0 Å². The van der Waals surface area contributed by atoms with Gasteiger partial charge >= 0.3 is 0 Å². The maximum absolute atomic E-state index is 6.07. The minimum absolute atomic E-state index is 0.363. The maximum atomic E-state index is 6.07. The number of aromatic nitrogens is 4. The van der Waals surface area contributed by atoms with E-state index in [-0.39, 0.29) is 0 Å². The number of aryl methyl sites for hydroxylation is 1. The van der Waals surface area contributed by atoms with Gasteiger partial charge in [-0.3, -0.25) is 0 Å². The molecule has 0 spiro atoms. The lowest BCUT2D eigenvalue weighted by Gasteiger charge is -2.15. The molecular weight excluding hydrogens is 202 g/mol. The summed E-state index contributed by atoms with van der Waals surface area (Å²) in [6.07, 6.45) is 8.41. The van der Waals surface area contributed by atoms with Crippen molar-refractivity contribution in [2.45, 2.75) is 56.9 Å². The van der Waals surface area contributed by atoms with E-state index in [1.54, 1.807) is 4.68 Å². The minimum atomic E-state index is 0.363. The molecule has 1 aromatic rings. The molecule has 1 aliphatic carbocycles. The Kier molecular flexibility index (Phi) is 3.88. The second-order valence-corrected chi connectivity index (χ2v) is 4.83. The lowest BCUT2D eigenvalue weighted by molar-refractivity contribution is 0.474. The van der Waals surface area contributed by atoms with Crippen LogP contribution in [-0.2, 0) is 7.05 Å². The van der Waals surface area contributed by atoms with Gasteiger partial charge in [0.1, 0.15) is 0 Å². The number of nitrogens with zero attached hydrogens (tertiary/aromatic N) is 4. The fourth-order valence-corrected chi connectivity index (χ4v) is 2.52. The van der Waals surface area contributed by atoms with Crippen LogP contribution in [-0.4, -0.2) is 26.2 Å². The summed E-state index contributed by atoms with van der Waals surface area (Å²) in [5.74, 6) is 1.51. The fourth-order valence-electron chi connectivity index (χ4n) is 2.52. The standard InChI is InChI=1S/C11H21N5/c1-16-11(13-14-15-16)9-5-3-2-4-6-10(12)8-7-9/h9-10H,2-8,12H2,1H3. The largest absolute Gasteiger partial charge is 0.328 e. The topological polar surface area (TPSA) is 69.6 Å². The van der Waals surface area contributed by atoms with E-state index in [4.69, 9.17) is 5.73 Å². The summed E-state index contributed by atoms with van der Waals surface area (Å²) in [6, 6.07) is 0.363. The highest BCUT2D eigenvalue weighted by molar-refractivity contribution is 4.93. The highest BCUT2D eigenvalue weighted by Gasteiger charge is 2.19. The average Bonchev–Trinajstić information content (AvgIpc) is 2.70. The van der Waals surface area contributed by atoms with E-state index in [0.29, 0.717) is 12.0 Å². The Bertz CT molecular complexity index is 322. The number of tetrazole rings is 1. The smallest absolute Gasteiger partial charge is 0.153 e. The molecule has 2 atom stereocenters. The molecule has 2 rings (SSSR count). The van der Waals surface area contributed by atoms with E-state index in [9.17, 15) is 0 Å². The molecule has 90 valence electrons. The van der Waals surface area contributed by atoms with E-state index in [2.05, 4.69) is 15.5 Å². The third-order valence-electron chi connectivity index (χ3n) is 3.53. The first-order chi connectivity index (χ1) is 7.77. The monoisotopic (exact) mass is 223 g/mol. The van der Waals surface area contributed by atoms with E-state index in [1.165, 1.54) is 32.1 Å². The molecule has 0 saturated heterocycles. The molecule has 0 radical (unpaired) electrons. The highest BCUT2D eigenvalue weighted by Crippen LogP contribution is 2.28. The van der Waals surface area contributed by atoms with Crippen molar-refractivity contribution < 1.29 is 0 Å².